The zero-order chi connectivity index (χ0) is 14.7. The second-order valence-electron chi connectivity index (χ2n) is 5.61. The molecule has 0 saturated carbocycles. The highest BCUT2D eigenvalue weighted by atomic mass is 15.2. The van der Waals surface area contributed by atoms with Gasteiger partial charge in [-0.2, -0.15) is 5.26 Å². The quantitative estimate of drug-likeness (QED) is 0.847. The molecule has 1 aromatic heterocycles. The van der Waals surface area contributed by atoms with Crippen LogP contribution in [0.4, 0.5) is 5.95 Å². The van der Waals surface area contributed by atoms with Gasteiger partial charge in [-0.15, -0.1) is 0 Å². The van der Waals surface area contributed by atoms with Gasteiger partial charge in [0, 0.05) is 25.5 Å². The number of rotatable bonds is 2. The number of nitriles is 1. The molecule has 1 saturated heterocycles. The Balaban J connectivity index is 1.77. The van der Waals surface area contributed by atoms with E-state index in [2.05, 4.69) is 33.1 Å². The minimum atomic E-state index is -0.373. The summed E-state index contributed by atoms with van der Waals surface area (Å²) in [5.74, 6) is 0.764. The van der Waals surface area contributed by atoms with Crippen molar-refractivity contribution in [2.24, 2.45) is 0 Å². The molecule has 2 heterocycles. The average molecular weight is 278 g/mol. The Morgan fingerprint density at radius 2 is 1.71 bits per heavy atom. The molecule has 1 aromatic carbocycles. The predicted molar refractivity (Wildman–Crippen MR) is 81.9 cm³/mol. The van der Waals surface area contributed by atoms with Crippen LogP contribution < -0.4 is 4.90 Å². The van der Waals surface area contributed by atoms with Crippen molar-refractivity contribution >= 4 is 5.95 Å². The zero-order valence-corrected chi connectivity index (χ0v) is 12.2. The summed E-state index contributed by atoms with van der Waals surface area (Å²) in [6.45, 7) is 3.60. The average Bonchev–Trinajstić information content (AvgIpc) is 2.56. The Hall–Kier alpha value is -2.41. The molecular weight excluding hydrogens is 260 g/mol. The van der Waals surface area contributed by atoms with E-state index in [9.17, 15) is 5.26 Å². The third-order valence-electron chi connectivity index (χ3n) is 4.21. The first kappa shape index (κ1) is 13.6. The summed E-state index contributed by atoms with van der Waals surface area (Å²) in [4.78, 5) is 10.9. The van der Waals surface area contributed by atoms with Gasteiger partial charge in [-0.1, -0.05) is 30.3 Å². The predicted octanol–water partition coefficient (Wildman–Crippen LogP) is 2.85. The van der Waals surface area contributed by atoms with Gasteiger partial charge in [0.25, 0.3) is 0 Å². The summed E-state index contributed by atoms with van der Waals surface area (Å²) in [6.07, 6.45) is 5.30. The number of piperidine rings is 1. The van der Waals surface area contributed by atoms with Gasteiger partial charge in [0.2, 0.25) is 5.95 Å². The van der Waals surface area contributed by atoms with Crippen molar-refractivity contribution in [2.45, 2.75) is 25.2 Å². The molecule has 0 spiro atoms. The van der Waals surface area contributed by atoms with Crippen molar-refractivity contribution in [3.63, 3.8) is 0 Å². The Morgan fingerprint density at radius 1 is 1.10 bits per heavy atom. The van der Waals surface area contributed by atoms with E-state index in [1.807, 2.05) is 37.5 Å². The van der Waals surface area contributed by atoms with Crippen molar-refractivity contribution in [1.82, 2.24) is 9.97 Å². The van der Waals surface area contributed by atoms with E-state index in [0.29, 0.717) is 0 Å². The maximum atomic E-state index is 9.69. The second kappa shape index (κ2) is 5.53. The van der Waals surface area contributed by atoms with Crippen molar-refractivity contribution < 1.29 is 0 Å². The molecule has 1 aliphatic rings. The van der Waals surface area contributed by atoms with E-state index in [1.165, 1.54) is 0 Å². The third-order valence-corrected chi connectivity index (χ3v) is 4.21. The lowest BCUT2D eigenvalue weighted by Crippen LogP contribution is -2.42. The molecule has 3 rings (SSSR count). The van der Waals surface area contributed by atoms with E-state index in [0.717, 1.165) is 43.0 Å². The number of hydrogen-bond donors (Lipinski definition) is 0. The first-order chi connectivity index (χ1) is 10.2. The molecule has 0 atom stereocenters. The second-order valence-corrected chi connectivity index (χ2v) is 5.61. The van der Waals surface area contributed by atoms with Gasteiger partial charge in [0.15, 0.2) is 0 Å². The van der Waals surface area contributed by atoms with Gasteiger partial charge in [0.05, 0.1) is 11.5 Å². The number of aryl methyl sites for hydroxylation is 1. The molecule has 0 N–H and O–H groups in total. The van der Waals surface area contributed by atoms with Gasteiger partial charge in [-0.3, -0.25) is 0 Å². The number of aromatic nitrogens is 2. The van der Waals surface area contributed by atoms with Crippen LogP contribution in [0.2, 0.25) is 0 Å². The minimum absolute atomic E-state index is 0.373. The van der Waals surface area contributed by atoms with Crippen LogP contribution in [0.15, 0.2) is 42.7 Å². The molecule has 0 bridgehead atoms. The third kappa shape index (κ3) is 2.59. The summed E-state index contributed by atoms with van der Waals surface area (Å²) in [7, 11) is 0. The van der Waals surface area contributed by atoms with Crippen molar-refractivity contribution in [2.75, 3.05) is 18.0 Å². The number of anilines is 1. The van der Waals surface area contributed by atoms with Crippen LogP contribution in [0.5, 0.6) is 0 Å². The maximum Gasteiger partial charge on any atom is 0.225 e. The monoisotopic (exact) mass is 278 g/mol. The summed E-state index contributed by atoms with van der Waals surface area (Å²) >= 11 is 0. The molecule has 1 aliphatic heterocycles. The Morgan fingerprint density at radius 3 is 2.29 bits per heavy atom. The van der Waals surface area contributed by atoms with Crippen LogP contribution in [0, 0.1) is 18.3 Å². The maximum absolute atomic E-state index is 9.69. The fourth-order valence-corrected chi connectivity index (χ4v) is 2.86. The molecular formula is C17H18N4. The summed E-state index contributed by atoms with van der Waals surface area (Å²) in [5.41, 5.74) is 1.81. The Labute approximate surface area is 125 Å². The molecule has 4 nitrogen and oxygen atoms in total. The van der Waals surface area contributed by atoms with Crippen molar-refractivity contribution in [3.8, 4) is 6.07 Å². The van der Waals surface area contributed by atoms with Crippen molar-refractivity contribution in [1.29, 1.82) is 5.26 Å². The smallest absolute Gasteiger partial charge is 0.225 e. The van der Waals surface area contributed by atoms with Crippen LogP contribution in [0.25, 0.3) is 0 Å². The molecule has 0 unspecified atom stereocenters. The summed E-state index contributed by atoms with van der Waals surface area (Å²) in [6, 6.07) is 12.7. The van der Waals surface area contributed by atoms with E-state index >= 15 is 0 Å². The van der Waals surface area contributed by atoms with Gasteiger partial charge in [0.1, 0.15) is 0 Å². The lowest BCUT2D eigenvalue weighted by molar-refractivity contribution is 0.412. The molecule has 0 radical (unpaired) electrons. The highest BCUT2D eigenvalue weighted by Gasteiger charge is 2.36. The molecule has 0 aliphatic carbocycles. The highest BCUT2D eigenvalue weighted by molar-refractivity contribution is 5.38. The fourth-order valence-electron chi connectivity index (χ4n) is 2.86. The van der Waals surface area contributed by atoms with Crippen LogP contribution in [0.3, 0.4) is 0 Å². The molecule has 4 heteroatoms. The molecule has 2 aromatic rings. The first-order valence-electron chi connectivity index (χ1n) is 7.24. The molecule has 1 fully saturated rings. The molecule has 106 valence electrons. The molecule has 21 heavy (non-hydrogen) atoms. The fraction of sp³-hybridized carbons (Fsp3) is 0.353. The summed E-state index contributed by atoms with van der Waals surface area (Å²) in [5, 5.41) is 9.69. The number of hydrogen-bond acceptors (Lipinski definition) is 4. The highest BCUT2D eigenvalue weighted by Crippen LogP contribution is 2.35. The first-order valence-corrected chi connectivity index (χ1v) is 7.24. The minimum Gasteiger partial charge on any atom is -0.341 e. The standard InChI is InChI=1S/C17H18N4/c1-14-11-19-16(20-12-14)21-9-7-17(13-18,8-10-21)15-5-3-2-4-6-15/h2-6,11-12H,7-10H2,1H3. The number of nitrogens with zero attached hydrogens (tertiary/aromatic N) is 4. The Kier molecular flexibility index (Phi) is 3.57. The normalized spacial score (nSPS) is 17.2. The number of benzene rings is 1. The largest absolute Gasteiger partial charge is 0.341 e. The van der Waals surface area contributed by atoms with Crippen LogP contribution in [0.1, 0.15) is 24.0 Å². The van der Waals surface area contributed by atoms with E-state index in [-0.39, 0.29) is 5.41 Å². The van der Waals surface area contributed by atoms with Gasteiger partial charge >= 0.3 is 0 Å². The summed E-state index contributed by atoms with van der Waals surface area (Å²) < 4.78 is 0. The van der Waals surface area contributed by atoms with Crippen molar-refractivity contribution in [3.05, 3.63) is 53.9 Å². The zero-order valence-electron chi connectivity index (χ0n) is 12.2. The molecule has 0 amide bonds. The lowest BCUT2D eigenvalue weighted by Gasteiger charge is -2.37. The van der Waals surface area contributed by atoms with Gasteiger partial charge in [-0.25, -0.2) is 9.97 Å². The topological polar surface area (TPSA) is 52.8 Å². The van der Waals surface area contributed by atoms with Crippen LogP contribution in [-0.2, 0) is 5.41 Å². The Bertz CT molecular complexity index is 635. The van der Waals surface area contributed by atoms with E-state index in [4.69, 9.17) is 0 Å². The van der Waals surface area contributed by atoms with E-state index < -0.39 is 0 Å². The SMILES string of the molecule is Cc1cnc(N2CCC(C#N)(c3ccccc3)CC2)nc1. The van der Waals surface area contributed by atoms with Crippen LogP contribution in [-0.4, -0.2) is 23.1 Å². The van der Waals surface area contributed by atoms with Gasteiger partial charge in [-0.05, 0) is 30.9 Å². The van der Waals surface area contributed by atoms with E-state index in [1.54, 1.807) is 0 Å². The van der Waals surface area contributed by atoms with Gasteiger partial charge < -0.3 is 4.90 Å². The van der Waals surface area contributed by atoms with Crippen LogP contribution >= 0.6 is 0 Å². The lowest BCUT2D eigenvalue weighted by atomic mass is 9.74.